The van der Waals surface area contributed by atoms with Crippen molar-refractivity contribution < 1.29 is 17.6 Å². The SMILES string of the molecule is Cc1ccc(C(NN)c2ccc(C(F)(F)F)cc2)cc1F. The van der Waals surface area contributed by atoms with Crippen molar-refractivity contribution in [2.45, 2.75) is 19.1 Å². The van der Waals surface area contributed by atoms with Crippen molar-refractivity contribution in [3.63, 3.8) is 0 Å². The molecule has 2 aromatic rings. The minimum absolute atomic E-state index is 0.389. The van der Waals surface area contributed by atoms with Gasteiger partial charge >= 0.3 is 6.18 Å². The zero-order chi connectivity index (χ0) is 15.6. The maximum absolute atomic E-state index is 13.6. The molecule has 0 spiro atoms. The third-order valence-electron chi connectivity index (χ3n) is 3.27. The molecular weight excluding hydrogens is 284 g/mol. The molecule has 0 saturated heterocycles. The lowest BCUT2D eigenvalue weighted by Crippen LogP contribution is -2.29. The summed E-state index contributed by atoms with van der Waals surface area (Å²) in [5, 5.41) is 0. The molecule has 1 unspecified atom stereocenters. The molecule has 6 heteroatoms. The monoisotopic (exact) mass is 298 g/mol. The number of rotatable bonds is 3. The maximum atomic E-state index is 13.6. The van der Waals surface area contributed by atoms with Crippen LogP contribution in [0.25, 0.3) is 0 Å². The molecule has 0 bridgehead atoms. The van der Waals surface area contributed by atoms with Gasteiger partial charge in [-0.15, -0.1) is 0 Å². The average Bonchev–Trinajstić information content (AvgIpc) is 2.43. The smallest absolute Gasteiger partial charge is 0.271 e. The Morgan fingerprint density at radius 1 is 1.00 bits per heavy atom. The lowest BCUT2D eigenvalue weighted by atomic mass is 9.97. The van der Waals surface area contributed by atoms with Crippen LogP contribution in [-0.4, -0.2) is 0 Å². The molecule has 0 amide bonds. The molecule has 2 rings (SSSR count). The Bertz CT molecular complexity index is 621. The van der Waals surface area contributed by atoms with E-state index in [2.05, 4.69) is 5.43 Å². The zero-order valence-corrected chi connectivity index (χ0v) is 11.2. The van der Waals surface area contributed by atoms with E-state index in [1.165, 1.54) is 18.2 Å². The fourth-order valence-electron chi connectivity index (χ4n) is 2.04. The molecule has 0 aliphatic carbocycles. The summed E-state index contributed by atoms with van der Waals surface area (Å²) >= 11 is 0. The summed E-state index contributed by atoms with van der Waals surface area (Å²) in [5.41, 5.74) is 3.30. The number of aryl methyl sites for hydroxylation is 1. The van der Waals surface area contributed by atoms with Crippen LogP contribution in [0.15, 0.2) is 42.5 Å². The van der Waals surface area contributed by atoms with Crippen molar-refractivity contribution in [1.82, 2.24) is 5.43 Å². The van der Waals surface area contributed by atoms with Crippen LogP contribution < -0.4 is 11.3 Å². The van der Waals surface area contributed by atoms with E-state index >= 15 is 0 Å². The molecule has 3 N–H and O–H groups in total. The largest absolute Gasteiger partial charge is 0.416 e. The van der Waals surface area contributed by atoms with E-state index in [4.69, 9.17) is 5.84 Å². The van der Waals surface area contributed by atoms with Crippen molar-refractivity contribution in [3.05, 3.63) is 70.5 Å². The molecule has 2 nitrogen and oxygen atoms in total. The first-order valence-corrected chi connectivity index (χ1v) is 6.22. The second kappa shape index (κ2) is 5.83. The molecule has 1 atom stereocenters. The number of halogens is 4. The lowest BCUT2D eigenvalue weighted by Gasteiger charge is -2.18. The Morgan fingerprint density at radius 2 is 1.57 bits per heavy atom. The Morgan fingerprint density at radius 3 is 2.05 bits per heavy atom. The van der Waals surface area contributed by atoms with Crippen LogP contribution in [-0.2, 0) is 6.18 Å². The molecule has 0 fully saturated rings. The van der Waals surface area contributed by atoms with Crippen molar-refractivity contribution >= 4 is 0 Å². The van der Waals surface area contributed by atoms with Crippen LogP contribution in [0.5, 0.6) is 0 Å². The molecule has 0 radical (unpaired) electrons. The highest BCUT2D eigenvalue weighted by atomic mass is 19.4. The molecule has 0 aromatic heterocycles. The minimum Gasteiger partial charge on any atom is -0.271 e. The van der Waals surface area contributed by atoms with E-state index in [9.17, 15) is 17.6 Å². The highest BCUT2D eigenvalue weighted by Gasteiger charge is 2.30. The molecule has 0 heterocycles. The van der Waals surface area contributed by atoms with Gasteiger partial charge in [0.1, 0.15) is 5.82 Å². The number of nitrogens with one attached hydrogen (secondary N) is 1. The molecule has 2 aromatic carbocycles. The second-order valence-electron chi connectivity index (χ2n) is 4.73. The Balaban J connectivity index is 2.35. The van der Waals surface area contributed by atoms with E-state index < -0.39 is 17.8 Å². The van der Waals surface area contributed by atoms with Gasteiger partial charge in [0, 0.05) is 0 Å². The van der Waals surface area contributed by atoms with Crippen LogP contribution in [0.4, 0.5) is 17.6 Å². The normalized spacial score (nSPS) is 13.2. The van der Waals surface area contributed by atoms with E-state index in [0.717, 1.165) is 12.1 Å². The molecule has 0 aliphatic heterocycles. The van der Waals surface area contributed by atoms with Gasteiger partial charge in [0.2, 0.25) is 0 Å². The summed E-state index contributed by atoms with van der Waals surface area (Å²) in [6.07, 6.45) is -4.39. The third kappa shape index (κ3) is 3.40. The van der Waals surface area contributed by atoms with Gasteiger partial charge in [0.25, 0.3) is 0 Å². The van der Waals surface area contributed by atoms with Gasteiger partial charge in [0.15, 0.2) is 0 Å². The summed E-state index contributed by atoms with van der Waals surface area (Å²) < 4.78 is 51.2. The fourth-order valence-corrected chi connectivity index (χ4v) is 2.04. The first kappa shape index (κ1) is 15.5. The van der Waals surface area contributed by atoms with Crippen LogP contribution in [0.3, 0.4) is 0 Å². The minimum atomic E-state index is -4.39. The summed E-state index contributed by atoms with van der Waals surface area (Å²) in [4.78, 5) is 0. The molecule has 0 aliphatic rings. The molecule has 0 saturated carbocycles. The van der Waals surface area contributed by atoms with Crippen LogP contribution in [0.2, 0.25) is 0 Å². The van der Waals surface area contributed by atoms with E-state index in [1.807, 2.05) is 0 Å². The van der Waals surface area contributed by atoms with Gasteiger partial charge in [-0.05, 0) is 41.8 Å². The molecule has 21 heavy (non-hydrogen) atoms. The van der Waals surface area contributed by atoms with E-state index in [0.29, 0.717) is 16.7 Å². The summed E-state index contributed by atoms with van der Waals surface area (Å²) in [6.45, 7) is 1.63. The quantitative estimate of drug-likeness (QED) is 0.515. The van der Waals surface area contributed by atoms with E-state index in [-0.39, 0.29) is 5.82 Å². The number of hydrazine groups is 1. The number of hydrogen-bond donors (Lipinski definition) is 2. The number of nitrogens with two attached hydrogens (primary N) is 1. The Labute approximate surface area is 119 Å². The highest BCUT2D eigenvalue weighted by Crippen LogP contribution is 2.31. The van der Waals surface area contributed by atoms with E-state index in [1.54, 1.807) is 19.1 Å². The van der Waals surface area contributed by atoms with Gasteiger partial charge < -0.3 is 0 Å². The average molecular weight is 298 g/mol. The highest BCUT2D eigenvalue weighted by molar-refractivity contribution is 5.35. The second-order valence-corrected chi connectivity index (χ2v) is 4.73. The van der Waals surface area contributed by atoms with Gasteiger partial charge in [0.05, 0.1) is 11.6 Å². The first-order chi connectivity index (χ1) is 9.82. The van der Waals surface area contributed by atoms with Crippen LogP contribution in [0.1, 0.15) is 28.3 Å². The topological polar surface area (TPSA) is 38.0 Å². The van der Waals surface area contributed by atoms with Crippen molar-refractivity contribution in [2.24, 2.45) is 5.84 Å². The predicted octanol–water partition coefficient (Wildman–Crippen LogP) is 3.71. The van der Waals surface area contributed by atoms with Crippen LogP contribution >= 0.6 is 0 Å². The standard InChI is InChI=1S/C15H14F4N2/c1-9-2-3-11(8-13(9)16)14(21-20)10-4-6-12(7-5-10)15(17,18)19/h2-8,14,21H,20H2,1H3. The van der Waals surface area contributed by atoms with Gasteiger partial charge in [-0.25, -0.2) is 9.82 Å². The van der Waals surface area contributed by atoms with Crippen LogP contribution in [0, 0.1) is 12.7 Å². The van der Waals surface area contributed by atoms with Crippen molar-refractivity contribution in [3.8, 4) is 0 Å². The van der Waals surface area contributed by atoms with Gasteiger partial charge in [-0.3, -0.25) is 5.84 Å². The Kier molecular flexibility index (Phi) is 4.29. The van der Waals surface area contributed by atoms with Gasteiger partial charge in [-0.1, -0.05) is 24.3 Å². The zero-order valence-electron chi connectivity index (χ0n) is 11.2. The molecule has 112 valence electrons. The first-order valence-electron chi connectivity index (χ1n) is 6.22. The lowest BCUT2D eigenvalue weighted by molar-refractivity contribution is -0.137. The van der Waals surface area contributed by atoms with Crippen molar-refractivity contribution in [1.29, 1.82) is 0 Å². The summed E-state index contributed by atoms with van der Waals surface area (Å²) in [7, 11) is 0. The Hall–Kier alpha value is -1.92. The number of alkyl halides is 3. The maximum Gasteiger partial charge on any atom is 0.416 e. The predicted molar refractivity (Wildman–Crippen MR) is 71.7 cm³/mol. The van der Waals surface area contributed by atoms with Gasteiger partial charge in [-0.2, -0.15) is 13.2 Å². The van der Waals surface area contributed by atoms with Crippen molar-refractivity contribution in [2.75, 3.05) is 0 Å². The number of hydrogen-bond acceptors (Lipinski definition) is 2. The fraction of sp³-hybridized carbons (Fsp3) is 0.200. The number of benzene rings is 2. The summed E-state index contributed by atoms with van der Waals surface area (Å²) in [5.74, 6) is 5.06. The summed E-state index contributed by atoms with van der Waals surface area (Å²) in [6, 6.07) is 8.62. The third-order valence-corrected chi connectivity index (χ3v) is 3.27. The molecular formula is C15H14F4N2.